The lowest BCUT2D eigenvalue weighted by atomic mass is 10.1. The standard InChI is InChI=1S/C8H15F2NO3/c1-8(2,14)7(13)11(3-4-12)5-6(9)10/h6,12,14H,3-5H2,1-2H3. The summed E-state index contributed by atoms with van der Waals surface area (Å²) in [6.07, 6.45) is -2.67. The molecule has 0 saturated heterocycles. The van der Waals surface area contributed by atoms with Gasteiger partial charge in [-0.3, -0.25) is 4.79 Å². The summed E-state index contributed by atoms with van der Waals surface area (Å²) in [5.74, 6) is -0.813. The maximum atomic E-state index is 12.0. The van der Waals surface area contributed by atoms with E-state index in [-0.39, 0.29) is 6.54 Å². The summed E-state index contributed by atoms with van der Waals surface area (Å²) in [4.78, 5) is 12.1. The number of nitrogens with zero attached hydrogens (tertiary/aromatic N) is 1. The van der Waals surface area contributed by atoms with Crippen LogP contribution >= 0.6 is 0 Å². The molecule has 0 aliphatic rings. The second-order valence-electron chi connectivity index (χ2n) is 3.42. The Hall–Kier alpha value is -0.750. The minimum atomic E-state index is -2.67. The molecule has 0 atom stereocenters. The van der Waals surface area contributed by atoms with E-state index in [1.807, 2.05) is 0 Å². The third kappa shape index (κ3) is 4.48. The Morgan fingerprint density at radius 2 is 2.00 bits per heavy atom. The van der Waals surface area contributed by atoms with Crippen molar-refractivity contribution in [1.82, 2.24) is 4.90 Å². The summed E-state index contributed by atoms with van der Waals surface area (Å²) in [5.41, 5.74) is -1.69. The Bertz CT molecular complexity index is 192. The molecule has 0 saturated carbocycles. The third-order valence-electron chi connectivity index (χ3n) is 1.54. The molecule has 0 aliphatic carbocycles. The van der Waals surface area contributed by atoms with Crippen LogP contribution in [0.4, 0.5) is 8.78 Å². The molecule has 0 heterocycles. The average Bonchev–Trinajstić information content (AvgIpc) is 2.00. The van der Waals surface area contributed by atoms with Crippen molar-refractivity contribution in [2.24, 2.45) is 0 Å². The van der Waals surface area contributed by atoms with Crippen molar-refractivity contribution in [2.45, 2.75) is 25.9 Å². The van der Waals surface area contributed by atoms with Gasteiger partial charge in [-0.1, -0.05) is 0 Å². The topological polar surface area (TPSA) is 60.8 Å². The number of amides is 1. The van der Waals surface area contributed by atoms with Crippen molar-refractivity contribution in [3.8, 4) is 0 Å². The number of aliphatic hydroxyl groups is 2. The molecule has 0 bridgehead atoms. The lowest BCUT2D eigenvalue weighted by Crippen LogP contribution is -2.48. The summed E-state index contributed by atoms with van der Waals surface area (Å²) in [7, 11) is 0. The van der Waals surface area contributed by atoms with Gasteiger partial charge in [-0.05, 0) is 13.8 Å². The SMILES string of the molecule is CC(C)(O)C(=O)N(CCO)CC(F)F. The summed E-state index contributed by atoms with van der Waals surface area (Å²) in [6, 6.07) is 0. The van der Waals surface area contributed by atoms with Gasteiger partial charge in [-0.15, -0.1) is 0 Å². The molecule has 0 aromatic heterocycles. The molecule has 0 rings (SSSR count). The predicted molar refractivity (Wildman–Crippen MR) is 46.0 cm³/mol. The van der Waals surface area contributed by atoms with Crippen molar-refractivity contribution in [1.29, 1.82) is 0 Å². The van der Waals surface area contributed by atoms with Crippen LogP contribution in [-0.4, -0.2) is 52.7 Å². The fourth-order valence-electron chi connectivity index (χ4n) is 0.950. The Morgan fingerprint density at radius 1 is 1.50 bits per heavy atom. The molecular weight excluding hydrogens is 196 g/mol. The summed E-state index contributed by atoms with van der Waals surface area (Å²) in [5, 5.41) is 17.8. The molecule has 0 aromatic carbocycles. The average molecular weight is 211 g/mol. The summed E-state index contributed by atoms with van der Waals surface area (Å²) in [6.45, 7) is 1.04. The molecule has 0 fully saturated rings. The van der Waals surface area contributed by atoms with Crippen LogP contribution in [0, 0.1) is 0 Å². The van der Waals surface area contributed by atoms with E-state index in [2.05, 4.69) is 0 Å². The van der Waals surface area contributed by atoms with Crippen LogP contribution < -0.4 is 0 Å². The maximum Gasteiger partial charge on any atom is 0.255 e. The number of rotatable bonds is 5. The van der Waals surface area contributed by atoms with Crippen molar-refractivity contribution in [3.05, 3.63) is 0 Å². The van der Waals surface area contributed by atoms with E-state index in [0.717, 1.165) is 4.90 Å². The number of hydrogen-bond donors (Lipinski definition) is 2. The first-order chi connectivity index (χ1) is 6.29. The summed E-state index contributed by atoms with van der Waals surface area (Å²) >= 11 is 0. The molecule has 0 radical (unpaired) electrons. The first-order valence-electron chi connectivity index (χ1n) is 4.19. The Kier molecular flexibility index (Phi) is 4.93. The minimum Gasteiger partial charge on any atom is -0.395 e. The van der Waals surface area contributed by atoms with Crippen LogP contribution in [0.25, 0.3) is 0 Å². The number of alkyl halides is 2. The zero-order valence-electron chi connectivity index (χ0n) is 8.20. The quantitative estimate of drug-likeness (QED) is 0.664. The predicted octanol–water partition coefficient (Wildman–Crippen LogP) is -0.157. The van der Waals surface area contributed by atoms with Crippen molar-refractivity contribution >= 4 is 5.91 Å². The highest BCUT2D eigenvalue weighted by Gasteiger charge is 2.30. The summed E-state index contributed by atoms with van der Waals surface area (Å²) < 4.78 is 24.0. The van der Waals surface area contributed by atoms with Gasteiger partial charge in [0.25, 0.3) is 12.3 Å². The van der Waals surface area contributed by atoms with E-state index in [0.29, 0.717) is 0 Å². The molecule has 0 aliphatic heterocycles. The van der Waals surface area contributed by atoms with Crippen LogP contribution in [0.15, 0.2) is 0 Å². The molecule has 0 spiro atoms. The molecule has 84 valence electrons. The van der Waals surface area contributed by atoms with Gasteiger partial charge in [-0.25, -0.2) is 8.78 Å². The fraction of sp³-hybridized carbons (Fsp3) is 0.875. The third-order valence-corrected chi connectivity index (χ3v) is 1.54. The largest absolute Gasteiger partial charge is 0.395 e. The van der Waals surface area contributed by atoms with Gasteiger partial charge in [0.2, 0.25) is 0 Å². The Balaban J connectivity index is 4.41. The molecule has 6 heteroatoms. The highest BCUT2D eigenvalue weighted by Crippen LogP contribution is 2.09. The Labute approximate surface area is 81.1 Å². The molecule has 2 N–H and O–H groups in total. The maximum absolute atomic E-state index is 12.0. The van der Waals surface area contributed by atoms with E-state index >= 15 is 0 Å². The van der Waals surface area contributed by atoms with Crippen molar-refractivity contribution < 1.29 is 23.8 Å². The van der Waals surface area contributed by atoms with Gasteiger partial charge in [0, 0.05) is 6.54 Å². The fourth-order valence-corrected chi connectivity index (χ4v) is 0.950. The van der Waals surface area contributed by atoms with Gasteiger partial charge in [-0.2, -0.15) is 0 Å². The minimum absolute atomic E-state index is 0.201. The zero-order valence-corrected chi connectivity index (χ0v) is 8.20. The van der Waals surface area contributed by atoms with Gasteiger partial charge in [0.1, 0.15) is 5.60 Å². The van der Waals surface area contributed by atoms with Gasteiger partial charge < -0.3 is 15.1 Å². The van der Waals surface area contributed by atoms with E-state index < -0.39 is 31.1 Å². The van der Waals surface area contributed by atoms with Gasteiger partial charge in [0.15, 0.2) is 0 Å². The normalized spacial score (nSPS) is 11.9. The van der Waals surface area contributed by atoms with Gasteiger partial charge in [0.05, 0.1) is 13.2 Å². The highest BCUT2D eigenvalue weighted by atomic mass is 19.3. The monoisotopic (exact) mass is 211 g/mol. The number of carbonyl (C=O) groups is 1. The Morgan fingerprint density at radius 3 is 2.29 bits per heavy atom. The number of aliphatic hydroxyl groups excluding tert-OH is 1. The molecule has 1 amide bonds. The molecule has 4 nitrogen and oxygen atoms in total. The van der Waals surface area contributed by atoms with E-state index in [4.69, 9.17) is 5.11 Å². The second kappa shape index (κ2) is 5.21. The smallest absolute Gasteiger partial charge is 0.255 e. The van der Waals surface area contributed by atoms with Gasteiger partial charge >= 0.3 is 0 Å². The van der Waals surface area contributed by atoms with E-state index in [9.17, 15) is 18.7 Å². The van der Waals surface area contributed by atoms with Crippen LogP contribution in [0.5, 0.6) is 0 Å². The lowest BCUT2D eigenvalue weighted by Gasteiger charge is -2.27. The first kappa shape index (κ1) is 13.2. The molecular formula is C8H15F2NO3. The van der Waals surface area contributed by atoms with Crippen LogP contribution in [0.1, 0.15) is 13.8 Å². The molecule has 14 heavy (non-hydrogen) atoms. The van der Waals surface area contributed by atoms with E-state index in [1.54, 1.807) is 0 Å². The van der Waals surface area contributed by atoms with Crippen molar-refractivity contribution in [2.75, 3.05) is 19.7 Å². The van der Waals surface area contributed by atoms with Crippen LogP contribution in [0.2, 0.25) is 0 Å². The number of carbonyl (C=O) groups excluding carboxylic acids is 1. The van der Waals surface area contributed by atoms with E-state index in [1.165, 1.54) is 13.8 Å². The van der Waals surface area contributed by atoms with Crippen molar-refractivity contribution in [3.63, 3.8) is 0 Å². The molecule has 0 unspecified atom stereocenters. The lowest BCUT2D eigenvalue weighted by molar-refractivity contribution is -0.150. The first-order valence-corrected chi connectivity index (χ1v) is 4.19. The van der Waals surface area contributed by atoms with Crippen LogP contribution in [-0.2, 0) is 4.79 Å². The highest BCUT2D eigenvalue weighted by molar-refractivity contribution is 5.84. The second-order valence-corrected chi connectivity index (χ2v) is 3.42. The molecule has 0 aromatic rings. The zero-order chi connectivity index (χ0) is 11.4. The van der Waals surface area contributed by atoms with Crippen LogP contribution in [0.3, 0.4) is 0 Å². The number of hydrogen-bond acceptors (Lipinski definition) is 3. The number of halogens is 2.